The molecule has 0 saturated carbocycles. The van der Waals surface area contributed by atoms with Gasteiger partial charge in [0, 0.05) is 50.4 Å². The summed E-state index contributed by atoms with van der Waals surface area (Å²) in [5, 5.41) is 8.96. The lowest BCUT2D eigenvalue weighted by molar-refractivity contribution is 0.656. The largest absolute Gasteiger partial charge is 0.456 e. The Morgan fingerprint density at radius 3 is 1.09 bits per heavy atom. The molecule has 0 amide bonds. The molecule has 64 heavy (non-hydrogen) atoms. The van der Waals surface area contributed by atoms with Crippen LogP contribution in [0.25, 0.3) is 65.4 Å². The minimum atomic E-state index is 0.426. The van der Waals surface area contributed by atoms with Gasteiger partial charge in [-0.15, -0.1) is 0 Å². The average Bonchev–Trinajstić information content (AvgIpc) is 3.81. The highest BCUT2D eigenvalue weighted by Gasteiger charge is 2.22. The van der Waals surface area contributed by atoms with Crippen LogP contribution < -0.4 is 9.80 Å². The summed E-state index contributed by atoms with van der Waals surface area (Å²) in [6.07, 6.45) is 0. The summed E-state index contributed by atoms with van der Waals surface area (Å²) in [5.74, 6) is 0.851. The van der Waals surface area contributed by atoms with Gasteiger partial charge >= 0.3 is 0 Å². The summed E-state index contributed by atoms with van der Waals surface area (Å²) in [5.41, 5.74) is 17.9. The zero-order valence-electron chi connectivity index (χ0n) is 37.9. The van der Waals surface area contributed by atoms with Crippen molar-refractivity contribution in [1.29, 1.82) is 0 Å². The number of benzene rings is 9. The molecule has 0 bridgehead atoms. The van der Waals surface area contributed by atoms with Gasteiger partial charge in [0.15, 0.2) is 0 Å². The van der Waals surface area contributed by atoms with Gasteiger partial charge in [0.05, 0.1) is 11.4 Å². The molecule has 9 aromatic carbocycles. The molecule has 0 radical (unpaired) electrons. The Bertz CT molecular complexity index is 3360. The number of hydrogen-bond acceptors (Lipinski definition) is 4. The van der Waals surface area contributed by atoms with E-state index in [0.29, 0.717) is 11.8 Å². The fraction of sp³-hybridized carbons (Fsp3) is 0.167. The molecule has 0 saturated heterocycles. The normalized spacial score (nSPS) is 12.0. The second-order valence-corrected chi connectivity index (χ2v) is 18.5. The van der Waals surface area contributed by atoms with Crippen LogP contribution in [0.4, 0.5) is 34.1 Å². The number of furan rings is 2. The van der Waals surface area contributed by atoms with Crippen LogP contribution in [-0.4, -0.2) is 0 Å². The van der Waals surface area contributed by atoms with Crippen molar-refractivity contribution in [3.63, 3.8) is 0 Å². The number of fused-ring (bicyclic) bond motifs is 8. The third kappa shape index (κ3) is 6.59. The molecule has 314 valence electrons. The second kappa shape index (κ2) is 15.2. The standard InChI is InChI=1S/C60H52N2O2/c1-35(2)41-17-11-19-47(25-41)61(59-37(5)13-9-14-38(59)6)49-23-21-43-29-51-53-33-54-52-30-44-22-24-50(28-46(44)32-56(52)64-58(54)34-57(53)63-55(51)31-45(43)27-49)62(60-39(7)15-10-16-40(60)8)48-20-12-18-42(26-48)36(3)4/h9-36H,1-8H3. The number of para-hydroxylation sites is 2. The average molecular weight is 833 g/mol. The van der Waals surface area contributed by atoms with E-state index in [-0.39, 0.29) is 0 Å². The predicted molar refractivity (Wildman–Crippen MR) is 273 cm³/mol. The summed E-state index contributed by atoms with van der Waals surface area (Å²) >= 11 is 0. The molecule has 11 aromatic rings. The molecule has 0 aliphatic heterocycles. The van der Waals surface area contributed by atoms with Gasteiger partial charge < -0.3 is 18.6 Å². The molecule has 0 atom stereocenters. The quantitative estimate of drug-likeness (QED) is 0.153. The lowest BCUT2D eigenvalue weighted by Crippen LogP contribution is -2.13. The van der Waals surface area contributed by atoms with E-state index in [4.69, 9.17) is 8.83 Å². The van der Waals surface area contributed by atoms with Gasteiger partial charge in [-0.3, -0.25) is 0 Å². The van der Waals surface area contributed by atoms with Gasteiger partial charge in [-0.1, -0.05) is 100 Å². The summed E-state index contributed by atoms with van der Waals surface area (Å²) in [7, 11) is 0. The fourth-order valence-corrected chi connectivity index (χ4v) is 9.96. The molecule has 0 N–H and O–H groups in total. The predicted octanol–water partition coefficient (Wildman–Crippen LogP) is 18.2. The second-order valence-electron chi connectivity index (χ2n) is 18.5. The maximum atomic E-state index is 6.68. The van der Waals surface area contributed by atoms with Crippen molar-refractivity contribution in [2.24, 2.45) is 0 Å². The number of anilines is 6. The Morgan fingerprint density at radius 1 is 0.328 bits per heavy atom. The van der Waals surface area contributed by atoms with E-state index in [1.165, 1.54) is 55.5 Å². The van der Waals surface area contributed by atoms with Crippen molar-refractivity contribution in [2.45, 2.75) is 67.2 Å². The van der Waals surface area contributed by atoms with Crippen LogP contribution in [0.3, 0.4) is 0 Å². The molecule has 0 aliphatic rings. The minimum absolute atomic E-state index is 0.426. The Balaban J connectivity index is 1.01. The molecule has 2 heterocycles. The molecule has 0 aliphatic carbocycles. The van der Waals surface area contributed by atoms with Crippen molar-refractivity contribution < 1.29 is 8.83 Å². The van der Waals surface area contributed by atoms with E-state index < -0.39 is 0 Å². The molecule has 0 spiro atoms. The van der Waals surface area contributed by atoms with E-state index in [2.05, 4.69) is 223 Å². The fourth-order valence-electron chi connectivity index (χ4n) is 9.96. The highest BCUT2D eigenvalue weighted by atomic mass is 16.3. The first-order valence-electron chi connectivity index (χ1n) is 22.6. The monoisotopic (exact) mass is 832 g/mol. The summed E-state index contributed by atoms with van der Waals surface area (Å²) in [6.45, 7) is 17.8. The van der Waals surface area contributed by atoms with Crippen LogP contribution in [0.2, 0.25) is 0 Å². The van der Waals surface area contributed by atoms with E-state index in [0.717, 1.165) is 77.4 Å². The van der Waals surface area contributed by atoms with Crippen molar-refractivity contribution >= 4 is 99.5 Å². The van der Waals surface area contributed by atoms with Gasteiger partial charge in [-0.05, 0) is 173 Å². The molecule has 0 unspecified atom stereocenters. The highest BCUT2D eigenvalue weighted by molar-refractivity contribution is 6.18. The third-order valence-electron chi connectivity index (χ3n) is 13.4. The molecule has 0 fully saturated rings. The zero-order chi connectivity index (χ0) is 44.0. The lowest BCUT2D eigenvalue weighted by atomic mass is 9.99. The number of aryl methyl sites for hydroxylation is 4. The van der Waals surface area contributed by atoms with Gasteiger partial charge in [0.2, 0.25) is 0 Å². The summed E-state index contributed by atoms with van der Waals surface area (Å²) in [6, 6.07) is 57.9. The minimum Gasteiger partial charge on any atom is -0.456 e. The summed E-state index contributed by atoms with van der Waals surface area (Å²) in [4.78, 5) is 4.82. The van der Waals surface area contributed by atoms with Crippen LogP contribution in [-0.2, 0) is 0 Å². The van der Waals surface area contributed by atoms with Crippen molar-refractivity contribution in [2.75, 3.05) is 9.80 Å². The van der Waals surface area contributed by atoms with Crippen LogP contribution in [0, 0.1) is 27.7 Å². The Morgan fingerprint density at radius 2 is 0.688 bits per heavy atom. The molecular formula is C60H52N2O2. The zero-order valence-corrected chi connectivity index (χ0v) is 37.9. The maximum Gasteiger partial charge on any atom is 0.139 e. The Hall–Kier alpha value is -7.30. The van der Waals surface area contributed by atoms with E-state index in [1.807, 2.05) is 0 Å². The molecule has 4 heteroatoms. The SMILES string of the molecule is Cc1cccc(C)c1N(c1cccc(C(C)C)c1)c1ccc2cc3c(cc2c1)oc1cc2oc4cc5cc(N(c6cccc(C(C)C)c6)c6c(C)cccc6C)ccc5cc4c2cc13. The number of hydrogen-bond donors (Lipinski definition) is 0. The molecule has 2 aromatic heterocycles. The first kappa shape index (κ1) is 39.5. The van der Waals surface area contributed by atoms with E-state index in [9.17, 15) is 0 Å². The topological polar surface area (TPSA) is 32.8 Å². The van der Waals surface area contributed by atoms with Gasteiger partial charge in [0.1, 0.15) is 22.3 Å². The van der Waals surface area contributed by atoms with Crippen molar-refractivity contribution in [1.82, 2.24) is 0 Å². The lowest BCUT2D eigenvalue weighted by Gasteiger charge is -2.29. The van der Waals surface area contributed by atoms with Gasteiger partial charge in [0.25, 0.3) is 0 Å². The maximum absolute atomic E-state index is 6.68. The first-order valence-corrected chi connectivity index (χ1v) is 22.6. The van der Waals surface area contributed by atoms with Gasteiger partial charge in [-0.2, -0.15) is 0 Å². The van der Waals surface area contributed by atoms with Gasteiger partial charge in [-0.25, -0.2) is 0 Å². The molecular weight excluding hydrogens is 781 g/mol. The van der Waals surface area contributed by atoms with Crippen LogP contribution in [0.5, 0.6) is 0 Å². The number of rotatable bonds is 8. The Kier molecular flexibility index (Phi) is 9.39. The third-order valence-corrected chi connectivity index (χ3v) is 13.4. The smallest absolute Gasteiger partial charge is 0.139 e. The van der Waals surface area contributed by atoms with E-state index in [1.54, 1.807) is 0 Å². The number of nitrogens with zero attached hydrogens (tertiary/aromatic N) is 2. The first-order chi connectivity index (χ1) is 31.0. The van der Waals surface area contributed by atoms with Crippen molar-refractivity contribution in [3.8, 4) is 0 Å². The summed E-state index contributed by atoms with van der Waals surface area (Å²) < 4.78 is 13.4. The Labute approximate surface area is 375 Å². The molecule has 4 nitrogen and oxygen atoms in total. The van der Waals surface area contributed by atoms with Crippen molar-refractivity contribution in [3.05, 3.63) is 191 Å². The highest BCUT2D eigenvalue weighted by Crippen LogP contribution is 2.45. The van der Waals surface area contributed by atoms with Crippen LogP contribution in [0.1, 0.15) is 72.9 Å². The molecule has 11 rings (SSSR count). The van der Waals surface area contributed by atoms with Crippen LogP contribution in [0.15, 0.2) is 167 Å². The van der Waals surface area contributed by atoms with E-state index >= 15 is 0 Å². The van der Waals surface area contributed by atoms with Crippen LogP contribution >= 0.6 is 0 Å².